The van der Waals surface area contributed by atoms with E-state index in [1.807, 2.05) is 43.3 Å². The van der Waals surface area contributed by atoms with E-state index in [0.717, 1.165) is 12.2 Å². The van der Waals surface area contributed by atoms with Crippen molar-refractivity contribution >= 4 is 41.5 Å². The number of carbonyl (C=O) groups is 1. The van der Waals surface area contributed by atoms with Crippen molar-refractivity contribution in [1.82, 2.24) is 10.6 Å². The maximum absolute atomic E-state index is 12.1. The maximum atomic E-state index is 12.1. The molecule has 29 heavy (non-hydrogen) atoms. The van der Waals surface area contributed by atoms with Gasteiger partial charge in [-0.25, -0.2) is 4.99 Å². The maximum Gasteiger partial charge on any atom is 0.246 e. The number of rotatable bonds is 9. The lowest BCUT2D eigenvalue weighted by Crippen LogP contribution is -2.38. The summed E-state index contributed by atoms with van der Waals surface area (Å²) in [6, 6.07) is 16.8. The number of nitrogens with one attached hydrogen (secondary N) is 3. The number of benzene rings is 2. The number of hydrogen-bond acceptors (Lipinski definition) is 3. The van der Waals surface area contributed by atoms with E-state index in [2.05, 4.69) is 26.9 Å². The minimum atomic E-state index is -0.209. The summed E-state index contributed by atoms with van der Waals surface area (Å²) in [7, 11) is 0. The van der Waals surface area contributed by atoms with Crippen LogP contribution >= 0.6 is 24.0 Å². The molecule has 3 N–H and O–H groups in total. The summed E-state index contributed by atoms with van der Waals surface area (Å²) < 4.78 is 5.65. The van der Waals surface area contributed by atoms with E-state index < -0.39 is 0 Å². The van der Waals surface area contributed by atoms with Crippen molar-refractivity contribution in [2.45, 2.75) is 13.3 Å². The Morgan fingerprint density at radius 2 is 1.93 bits per heavy atom. The van der Waals surface area contributed by atoms with Crippen molar-refractivity contribution in [1.29, 1.82) is 0 Å². The smallest absolute Gasteiger partial charge is 0.246 e. The molecule has 6 nitrogen and oxygen atoms in total. The highest BCUT2D eigenvalue weighted by atomic mass is 127. The summed E-state index contributed by atoms with van der Waals surface area (Å²) in [6.45, 7) is 3.97. The molecule has 0 aliphatic rings. The van der Waals surface area contributed by atoms with E-state index in [4.69, 9.17) is 11.2 Å². The predicted molar refractivity (Wildman–Crippen MR) is 129 cm³/mol. The Hall–Kier alpha value is -2.73. The Balaban J connectivity index is 0.00000420. The zero-order valence-corrected chi connectivity index (χ0v) is 18.8. The number of anilines is 1. The number of ether oxygens (including phenoxy) is 1. The first-order chi connectivity index (χ1) is 13.7. The molecule has 2 aromatic carbocycles. The molecular formula is C22H27IN4O2. The number of amides is 1. The van der Waals surface area contributed by atoms with Crippen LogP contribution in [0.1, 0.15) is 18.9 Å². The number of guanidine groups is 1. The second kappa shape index (κ2) is 14.3. The first-order valence-corrected chi connectivity index (χ1v) is 9.28. The first-order valence-electron chi connectivity index (χ1n) is 9.28. The third kappa shape index (κ3) is 9.85. The van der Waals surface area contributed by atoms with Gasteiger partial charge in [0, 0.05) is 24.3 Å². The molecule has 0 radical (unpaired) electrons. The van der Waals surface area contributed by atoms with Gasteiger partial charge in [0.2, 0.25) is 5.91 Å². The third-order valence-electron chi connectivity index (χ3n) is 3.66. The summed E-state index contributed by atoms with van der Waals surface area (Å²) >= 11 is 0. The fraction of sp³-hybridized carbons (Fsp3) is 0.273. The van der Waals surface area contributed by atoms with E-state index in [-0.39, 0.29) is 36.4 Å². The van der Waals surface area contributed by atoms with Gasteiger partial charge < -0.3 is 20.7 Å². The number of halogens is 1. The van der Waals surface area contributed by atoms with E-state index in [0.29, 0.717) is 36.9 Å². The lowest BCUT2D eigenvalue weighted by molar-refractivity contribution is -0.114. The van der Waals surface area contributed by atoms with Gasteiger partial charge in [-0.05, 0) is 43.7 Å². The van der Waals surface area contributed by atoms with Crippen molar-refractivity contribution in [3.63, 3.8) is 0 Å². The Morgan fingerprint density at radius 3 is 2.66 bits per heavy atom. The fourth-order valence-electron chi connectivity index (χ4n) is 2.37. The minimum Gasteiger partial charge on any atom is -0.494 e. The van der Waals surface area contributed by atoms with Crippen LogP contribution in [0.25, 0.3) is 0 Å². The molecule has 7 heteroatoms. The van der Waals surface area contributed by atoms with Crippen LogP contribution < -0.4 is 20.7 Å². The lowest BCUT2D eigenvalue weighted by Gasteiger charge is -2.12. The summed E-state index contributed by atoms with van der Waals surface area (Å²) in [5.41, 5.74) is 1.38. The predicted octanol–water partition coefficient (Wildman–Crippen LogP) is 3.25. The average molecular weight is 506 g/mol. The molecule has 0 saturated carbocycles. The molecule has 0 aromatic heterocycles. The molecule has 2 aromatic rings. The lowest BCUT2D eigenvalue weighted by atomic mass is 10.2. The van der Waals surface area contributed by atoms with Crippen molar-refractivity contribution in [2.75, 3.05) is 31.6 Å². The molecule has 154 valence electrons. The Labute approximate surface area is 189 Å². The molecule has 0 bridgehead atoms. The van der Waals surface area contributed by atoms with Crippen molar-refractivity contribution in [3.05, 3.63) is 60.2 Å². The van der Waals surface area contributed by atoms with Crippen LogP contribution in [0.15, 0.2) is 59.6 Å². The van der Waals surface area contributed by atoms with Gasteiger partial charge in [-0.3, -0.25) is 4.79 Å². The normalized spacial score (nSPS) is 10.3. The van der Waals surface area contributed by atoms with E-state index in [1.54, 1.807) is 18.2 Å². The molecule has 0 aliphatic carbocycles. The van der Waals surface area contributed by atoms with E-state index in [9.17, 15) is 4.79 Å². The number of hydrogen-bond donors (Lipinski definition) is 3. The Kier molecular flexibility index (Phi) is 12.0. The summed E-state index contributed by atoms with van der Waals surface area (Å²) in [6.07, 6.45) is 6.18. The third-order valence-corrected chi connectivity index (χ3v) is 3.66. The number of para-hydroxylation sites is 1. The molecule has 0 fully saturated rings. The highest BCUT2D eigenvalue weighted by Gasteiger charge is 2.04. The first kappa shape index (κ1) is 24.3. The molecule has 0 aliphatic heterocycles. The van der Waals surface area contributed by atoms with Crippen LogP contribution in [-0.2, 0) is 4.79 Å². The van der Waals surface area contributed by atoms with Gasteiger partial charge in [0.25, 0.3) is 0 Å². The number of terminal acetylenes is 1. The van der Waals surface area contributed by atoms with Gasteiger partial charge in [0.15, 0.2) is 5.96 Å². The average Bonchev–Trinajstić information content (AvgIpc) is 2.72. The minimum absolute atomic E-state index is 0. The van der Waals surface area contributed by atoms with Crippen LogP contribution in [0.4, 0.5) is 5.69 Å². The van der Waals surface area contributed by atoms with Gasteiger partial charge >= 0.3 is 0 Å². The second-order valence-corrected chi connectivity index (χ2v) is 5.91. The summed E-state index contributed by atoms with van der Waals surface area (Å²) in [4.78, 5) is 16.4. The molecular weight excluding hydrogens is 479 g/mol. The van der Waals surface area contributed by atoms with E-state index in [1.165, 1.54) is 0 Å². The molecule has 0 unspecified atom stereocenters. The van der Waals surface area contributed by atoms with Crippen LogP contribution in [-0.4, -0.2) is 38.1 Å². The number of carbonyl (C=O) groups excluding carboxylic acids is 1. The molecule has 2 rings (SSSR count). The zero-order valence-electron chi connectivity index (χ0n) is 16.5. The van der Waals surface area contributed by atoms with Crippen molar-refractivity contribution in [2.24, 2.45) is 4.99 Å². The summed E-state index contributed by atoms with van der Waals surface area (Å²) in [5, 5.41) is 9.11. The van der Waals surface area contributed by atoms with Crippen LogP contribution in [0.5, 0.6) is 5.75 Å². The monoisotopic (exact) mass is 506 g/mol. The molecule has 0 spiro atoms. The van der Waals surface area contributed by atoms with Crippen LogP contribution in [0.2, 0.25) is 0 Å². The second-order valence-electron chi connectivity index (χ2n) is 5.91. The standard InChI is InChI=1S/C22H26N4O2.HI/c1-3-18-10-8-11-19(16-18)26-21(27)17-25-22(23-4-2)24-14-9-15-28-20-12-6-5-7-13-20;/h1,5-8,10-13,16H,4,9,14-15,17H2,2H3,(H,26,27)(H2,23,24,25);1H. The van der Waals surface area contributed by atoms with Crippen LogP contribution in [0, 0.1) is 12.3 Å². The number of nitrogens with zero attached hydrogens (tertiary/aromatic N) is 1. The quantitative estimate of drug-likeness (QED) is 0.161. The van der Waals surface area contributed by atoms with E-state index >= 15 is 0 Å². The van der Waals surface area contributed by atoms with Gasteiger partial charge in [-0.1, -0.05) is 30.2 Å². The molecule has 0 heterocycles. The SMILES string of the molecule is C#Cc1cccc(NC(=O)CN=C(NCC)NCCCOc2ccccc2)c1.I. The largest absolute Gasteiger partial charge is 0.494 e. The molecule has 0 saturated heterocycles. The van der Waals surface area contributed by atoms with Gasteiger partial charge in [-0.2, -0.15) is 0 Å². The Morgan fingerprint density at radius 1 is 1.14 bits per heavy atom. The van der Waals surface area contributed by atoms with Crippen molar-refractivity contribution in [3.8, 4) is 18.1 Å². The summed E-state index contributed by atoms with van der Waals surface area (Å²) in [5.74, 6) is 3.78. The highest BCUT2D eigenvalue weighted by Crippen LogP contribution is 2.09. The van der Waals surface area contributed by atoms with Crippen LogP contribution in [0.3, 0.4) is 0 Å². The Bertz CT molecular complexity index is 819. The van der Waals surface area contributed by atoms with Crippen molar-refractivity contribution < 1.29 is 9.53 Å². The topological polar surface area (TPSA) is 74.8 Å². The fourth-order valence-corrected chi connectivity index (χ4v) is 2.37. The van der Waals surface area contributed by atoms with Gasteiger partial charge in [0.05, 0.1) is 6.61 Å². The highest BCUT2D eigenvalue weighted by molar-refractivity contribution is 14.0. The van der Waals surface area contributed by atoms with Gasteiger partial charge in [-0.15, -0.1) is 30.4 Å². The molecule has 0 atom stereocenters. The number of aliphatic imine (C=N–C) groups is 1. The molecule has 1 amide bonds. The zero-order chi connectivity index (χ0) is 20.0. The van der Waals surface area contributed by atoms with Gasteiger partial charge in [0.1, 0.15) is 12.3 Å².